The van der Waals surface area contributed by atoms with Gasteiger partial charge in [0.05, 0.1) is 6.04 Å². The monoisotopic (exact) mass is 722 g/mol. The Bertz CT molecular complexity index is 1490. The van der Waals surface area contributed by atoms with Gasteiger partial charge in [-0.3, -0.25) is 19.2 Å². The molecule has 8 atom stereocenters. The Hall–Kier alpha value is -3.04. The number of carbonyl (C=O) groups is 5. The van der Waals surface area contributed by atoms with Crippen LogP contribution >= 0.6 is 11.3 Å². The summed E-state index contributed by atoms with van der Waals surface area (Å²) in [5.41, 5.74) is -0.542. The van der Waals surface area contributed by atoms with E-state index in [4.69, 9.17) is 0 Å². The number of rotatable bonds is 11. The normalized spacial score (nSPS) is 28.2. The summed E-state index contributed by atoms with van der Waals surface area (Å²) in [6.45, 7) is 14.4. The number of nitrogens with zero attached hydrogens (tertiary/aromatic N) is 2. The minimum absolute atomic E-state index is 0.00235. The van der Waals surface area contributed by atoms with E-state index in [2.05, 4.69) is 35.1 Å². The fraction of sp³-hybridized carbons (Fsp3) is 0.735. The van der Waals surface area contributed by atoms with Crippen LogP contribution in [0.25, 0.3) is 0 Å². The molecule has 0 radical (unpaired) electrons. The molecule has 5 amide bonds. The number of fused-ring (bicyclic) bond motifs is 3. The summed E-state index contributed by atoms with van der Waals surface area (Å²) in [4.78, 5) is 69.3. The molecule has 4 rings (SSSR count). The Balaban J connectivity index is 1.55. The number of sulfonamides is 1. The molecule has 1 aromatic heterocycles. The predicted molar refractivity (Wildman–Crippen MR) is 187 cm³/mol. The first-order chi connectivity index (χ1) is 22.9. The fourth-order valence-electron chi connectivity index (χ4n) is 7.36. The number of thiophene rings is 1. The minimum atomic E-state index is -3.76. The third kappa shape index (κ3) is 8.83. The van der Waals surface area contributed by atoms with Gasteiger partial charge < -0.3 is 26.2 Å². The molecule has 3 heterocycles. The van der Waals surface area contributed by atoms with Crippen molar-refractivity contribution in [1.29, 1.82) is 0 Å². The molecular weight excluding hydrogens is 669 g/mol. The number of amides is 5. The minimum Gasteiger partial charge on any atom is -0.349 e. The number of Topliss-reactive ketones (excluding diaryl/α,β-unsaturated/α-hetero) is 1. The first-order valence-electron chi connectivity index (χ1n) is 17.4. The van der Waals surface area contributed by atoms with E-state index in [1.165, 1.54) is 17.4 Å². The standard InChI is InChI=1S/C34H54N6O7S2/c1-9-14-35-31(43)29(41)23-16-20(4)12-13-22(32(44)40-17-21-26(19(2)3)27(21)28(40)30(42)36-23)37-33(45)38-24(34(5,6)7)18-39(8)49(46,47)25-11-10-15-48-25/h10-11,15,19-24,26-28H,9,12-14,16-18H2,1-8H3,(H,35,43)(H,36,42)(H2,37,38,45)/t20?,21-,22+,23+,24-,26?,27?,28+/m1/s1. The van der Waals surface area contributed by atoms with Crippen molar-refractivity contribution >= 4 is 50.9 Å². The van der Waals surface area contributed by atoms with Gasteiger partial charge in [0.15, 0.2) is 0 Å². The average molecular weight is 723 g/mol. The van der Waals surface area contributed by atoms with E-state index in [1.807, 2.05) is 34.6 Å². The first kappa shape index (κ1) is 38.8. The van der Waals surface area contributed by atoms with Crippen molar-refractivity contribution in [2.24, 2.45) is 35.0 Å². The van der Waals surface area contributed by atoms with Crippen molar-refractivity contribution < 1.29 is 32.4 Å². The summed E-state index contributed by atoms with van der Waals surface area (Å²) in [5, 5.41) is 13.0. The maximum atomic E-state index is 14.2. The SMILES string of the molecule is CCCNC(=O)C(=O)[C@@H]1CC(C)CC[C@H](NC(=O)N[C@H](CN(C)S(=O)(=O)c2cccs2)C(C)(C)C)C(=O)N2C[C@@H]3C(C(C)C)C3[C@H]2C(=O)N1. The smallest absolute Gasteiger partial charge is 0.315 e. The van der Waals surface area contributed by atoms with Gasteiger partial charge in [-0.1, -0.05) is 54.5 Å². The number of hydrogen-bond acceptors (Lipinski definition) is 8. The lowest BCUT2D eigenvalue weighted by Gasteiger charge is -2.35. The topological polar surface area (TPSA) is 174 Å². The molecule has 1 aliphatic carbocycles. The van der Waals surface area contributed by atoms with E-state index in [0.717, 1.165) is 11.3 Å². The maximum absolute atomic E-state index is 14.2. The molecular formula is C34H54N6O7S2. The van der Waals surface area contributed by atoms with Crippen LogP contribution in [0.3, 0.4) is 0 Å². The van der Waals surface area contributed by atoms with Crippen LogP contribution in [0.1, 0.15) is 74.1 Å². The number of carbonyl (C=O) groups excluding carboxylic acids is 5. The van der Waals surface area contributed by atoms with Gasteiger partial charge in [0.2, 0.25) is 17.6 Å². The van der Waals surface area contributed by atoms with Gasteiger partial charge >= 0.3 is 6.03 Å². The van der Waals surface area contributed by atoms with Gasteiger partial charge in [0.1, 0.15) is 16.3 Å². The third-order valence-electron chi connectivity index (χ3n) is 10.3. The molecule has 2 aliphatic heterocycles. The molecule has 2 saturated heterocycles. The van der Waals surface area contributed by atoms with Crippen LogP contribution in [0, 0.1) is 35.0 Å². The number of nitrogens with one attached hydrogen (secondary N) is 4. The van der Waals surface area contributed by atoms with Gasteiger partial charge in [-0.05, 0) is 72.1 Å². The zero-order chi connectivity index (χ0) is 36.4. The Morgan fingerprint density at radius 2 is 1.86 bits per heavy atom. The summed E-state index contributed by atoms with van der Waals surface area (Å²) >= 11 is 1.12. The third-order valence-corrected chi connectivity index (χ3v) is 13.5. The van der Waals surface area contributed by atoms with Crippen molar-refractivity contribution in [3.8, 4) is 0 Å². The molecule has 3 unspecified atom stereocenters. The highest BCUT2D eigenvalue weighted by atomic mass is 32.2. The number of ketones is 1. The molecule has 3 fully saturated rings. The molecule has 274 valence electrons. The molecule has 3 aliphatic rings. The van der Waals surface area contributed by atoms with Crippen LogP contribution in [-0.4, -0.2) is 98.0 Å². The summed E-state index contributed by atoms with van der Waals surface area (Å²) < 4.78 is 27.7. The Morgan fingerprint density at radius 1 is 1.16 bits per heavy atom. The van der Waals surface area contributed by atoms with Crippen LogP contribution in [0.4, 0.5) is 4.79 Å². The highest BCUT2D eigenvalue weighted by Crippen LogP contribution is 2.59. The Labute approximate surface area is 294 Å². The Kier molecular flexibility index (Phi) is 12.2. The molecule has 0 bridgehead atoms. The van der Waals surface area contributed by atoms with E-state index in [0.29, 0.717) is 31.8 Å². The number of piperidine rings is 1. The van der Waals surface area contributed by atoms with Crippen LogP contribution in [0.15, 0.2) is 21.7 Å². The number of hydrogen-bond donors (Lipinski definition) is 4. The van der Waals surface area contributed by atoms with Crippen LogP contribution < -0.4 is 21.3 Å². The predicted octanol–water partition coefficient (Wildman–Crippen LogP) is 2.58. The molecule has 1 saturated carbocycles. The molecule has 13 nitrogen and oxygen atoms in total. The Morgan fingerprint density at radius 3 is 2.45 bits per heavy atom. The maximum Gasteiger partial charge on any atom is 0.315 e. The van der Waals surface area contributed by atoms with Gasteiger partial charge in [-0.2, -0.15) is 4.31 Å². The van der Waals surface area contributed by atoms with E-state index in [9.17, 15) is 32.4 Å². The molecule has 49 heavy (non-hydrogen) atoms. The van der Waals surface area contributed by atoms with Crippen molar-refractivity contribution in [3.05, 3.63) is 17.5 Å². The quantitative estimate of drug-likeness (QED) is 0.254. The molecule has 15 heteroatoms. The van der Waals surface area contributed by atoms with Crippen molar-refractivity contribution in [1.82, 2.24) is 30.5 Å². The lowest BCUT2D eigenvalue weighted by Crippen LogP contribution is -2.59. The lowest BCUT2D eigenvalue weighted by atomic mass is 9.86. The number of likely N-dealkylation sites (N-methyl/N-ethyl adjacent to an activating group) is 1. The number of urea groups is 1. The summed E-state index contributed by atoms with van der Waals surface area (Å²) in [6.07, 6.45) is 1.57. The lowest BCUT2D eigenvalue weighted by molar-refractivity contribution is -0.143. The van der Waals surface area contributed by atoms with E-state index in [1.54, 1.807) is 16.3 Å². The van der Waals surface area contributed by atoms with Gasteiger partial charge in [0, 0.05) is 32.7 Å². The van der Waals surface area contributed by atoms with Crippen LogP contribution in [0.2, 0.25) is 0 Å². The second-order valence-electron chi connectivity index (χ2n) is 15.4. The zero-order valence-corrected chi connectivity index (χ0v) is 31.6. The highest BCUT2D eigenvalue weighted by molar-refractivity contribution is 7.91. The van der Waals surface area contributed by atoms with Crippen LogP contribution in [0.5, 0.6) is 0 Å². The summed E-state index contributed by atoms with van der Waals surface area (Å²) in [5.74, 6) is -1.84. The van der Waals surface area contributed by atoms with Gasteiger partial charge in [-0.25, -0.2) is 13.2 Å². The summed E-state index contributed by atoms with van der Waals surface area (Å²) in [6, 6.07) is -0.835. The fourth-order valence-corrected chi connectivity index (χ4v) is 9.75. The largest absolute Gasteiger partial charge is 0.349 e. The van der Waals surface area contributed by atoms with Crippen molar-refractivity contribution in [2.45, 2.75) is 103 Å². The van der Waals surface area contributed by atoms with Gasteiger partial charge in [0.25, 0.3) is 15.9 Å². The molecule has 0 aromatic carbocycles. The average Bonchev–Trinajstić information content (AvgIpc) is 3.34. The van der Waals surface area contributed by atoms with E-state index < -0.39 is 63.2 Å². The zero-order valence-electron chi connectivity index (χ0n) is 29.9. The van der Waals surface area contributed by atoms with E-state index in [-0.39, 0.29) is 53.2 Å². The molecule has 0 spiro atoms. The highest BCUT2D eigenvalue weighted by Gasteiger charge is 2.65. The molecule has 1 aromatic rings. The van der Waals surface area contributed by atoms with Crippen molar-refractivity contribution in [3.63, 3.8) is 0 Å². The second-order valence-corrected chi connectivity index (χ2v) is 18.6. The second kappa shape index (κ2) is 15.5. The summed E-state index contributed by atoms with van der Waals surface area (Å²) in [7, 11) is -2.29. The van der Waals surface area contributed by atoms with E-state index >= 15 is 0 Å². The molecule has 4 N–H and O–H groups in total. The van der Waals surface area contributed by atoms with Crippen molar-refractivity contribution in [2.75, 3.05) is 26.7 Å². The van der Waals surface area contributed by atoms with Crippen LogP contribution in [-0.2, 0) is 29.2 Å². The van der Waals surface area contributed by atoms with Gasteiger partial charge in [-0.15, -0.1) is 11.3 Å². The first-order valence-corrected chi connectivity index (χ1v) is 19.7.